The summed E-state index contributed by atoms with van der Waals surface area (Å²) in [7, 11) is -2.45. The molecule has 0 saturated carbocycles. The first-order valence-corrected chi connectivity index (χ1v) is 8.83. The van der Waals surface area contributed by atoms with E-state index >= 15 is 0 Å². The van der Waals surface area contributed by atoms with Gasteiger partial charge in [0.2, 0.25) is 10.0 Å². The van der Waals surface area contributed by atoms with Crippen molar-refractivity contribution in [2.45, 2.75) is 11.4 Å². The van der Waals surface area contributed by atoms with E-state index in [9.17, 15) is 30.8 Å². The monoisotopic (exact) mass is 423 g/mol. The lowest BCUT2D eigenvalue weighted by molar-refractivity contribution is 0.0683. The zero-order valence-corrected chi connectivity index (χ0v) is 15.2. The number of carboxylic acid groups (broad SMARTS) is 1. The Labute approximate surface area is 156 Å². The first-order chi connectivity index (χ1) is 13.0. The second kappa shape index (κ2) is 8.02. The number of benzene rings is 2. The minimum Gasteiger partial charge on any atom is -0.497 e. The molecule has 0 bridgehead atoms. The number of halogens is 4. The standard InChI is InChI=1S/C16H13F4NO6S/c1-26-8-4-3-7(9(5-8)27-2)6-21-28(24,25)15-10(16(22)23)11(17)12(18)13(19)14(15)20/h3-5,21H,6H2,1-2H3,(H,22,23). The van der Waals surface area contributed by atoms with E-state index < -0.39 is 56.3 Å². The van der Waals surface area contributed by atoms with Crippen molar-refractivity contribution in [3.63, 3.8) is 0 Å². The average Bonchev–Trinajstić information content (AvgIpc) is 2.66. The number of hydrogen-bond acceptors (Lipinski definition) is 5. The van der Waals surface area contributed by atoms with E-state index in [-0.39, 0.29) is 11.3 Å². The van der Waals surface area contributed by atoms with Crippen molar-refractivity contribution < 1.29 is 45.4 Å². The summed E-state index contributed by atoms with van der Waals surface area (Å²) in [5, 5.41) is 8.95. The van der Waals surface area contributed by atoms with Gasteiger partial charge < -0.3 is 14.6 Å². The summed E-state index contributed by atoms with van der Waals surface area (Å²) in [4.78, 5) is 9.27. The third kappa shape index (κ3) is 3.87. The van der Waals surface area contributed by atoms with Crippen molar-refractivity contribution in [2.24, 2.45) is 0 Å². The molecule has 0 aliphatic carbocycles. The van der Waals surface area contributed by atoms with Crippen molar-refractivity contribution in [1.82, 2.24) is 4.72 Å². The fourth-order valence-corrected chi connectivity index (χ4v) is 3.56. The predicted octanol–water partition coefficient (Wildman–Crippen LogP) is 2.44. The molecule has 0 fully saturated rings. The van der Waals surface area contributed by atoms with Gasteiger partial charge >= 0.3 is 5.97 Å². The van der Waals surface area contributed by atoms with Gasteiger partial charge in [-0.2, -0.15) is 0 Å². The molecule has 0 radical (unpaired) electrons. The molecule has 28 heavy (non-hydrogen) atoms. The molecule has 0 aliphatic rings. The number of carboxylic acids is 1. The number of carbonyl (C=O) groups is 1. The molecular weight excluding hydrogens is 410 g/mol. The molecule has 2 aromatic rings. The fourth-order valence-electron chi connectivity index (χ4n) is 2.30. The maximum Gasteiger partial charge on any atom is 0.340 e. The summed E-state index contributed by atoms with van der Waals surface area (Å²) < 4.78 is 91.1. The molecule has 0 heterocycles. The van der Waals surface area contributed by atoms with Crippen LogP contribution in [0.3, 0.4) is 0 Å². The number of aromatic carboxylic acids is 1. The van der Waals surface area contributed by atoms with E-state index in [2.05, 4.69) is 0 Å². The van der Waals surface area contributed by atoms with Crippen LogP contribution in [0.5, 0.6) is 11.5 Å². The number of sulfonamides is 1. The Kier molecular flexibility index (Phi) is 6.14. The minimum absolute atomic E-state index is 0.164. The van der Waals surface area contributed by atoms with Gasteiger partial charge in [0, 0.05) is 18.2 Å². The van der Waals surface area contributed by atoms with Crippen LogP contribution < -0.4 is 14.2 Å². The van der Waals surface area contributed by atoms with E-state index in [1.54, 1.807) is 4.72 Å². The minimum atomic E-state index is -5.11. The summed E-state index contributed by atoms with van der Waals surface area (Å²) in [5.74, 6) is -11.3. The lowest BCUT2D eigenvalue weighted by Gasteiger charge is -2.14. The molecule has 0 aromatic heterocycles. The molecule has 0 amide bonds. The molecule has 0 saturated heterocycles. The zero-order valence-electron chi connectivity index (χ0n) is 14.3. The van der Waals surface area contributed by atoms with Crippen molar-refractivity contribution in [3.05, 3.63) is 52.6 Å². The van der Waals surface area contributed by atoms with Gasteiger partial charge in [0.1, 0.15) is 22.0 Å². The van der Waals surface area contributed by atoms with Gasteiger partial charge in [-0.15, -0.1) is 0 Å². The normalized spacial score (nSPS) is 11.4. The van der Waals surface area contributed by atoms with Crippen LogP contribution in [0.2, 0.25) is 0 Å². The predicted molar refractivity (Wildman–Crippen MR) is 86.8 cm³/mol. The smallest absolute Gasteiger partial charge is 0.340 e. The molecule has 0 unspecified atom stereocenters. The van der Waals surface area contributed by atoms with Crippen LogP contribution in [-0.4, -0.2) is 33.7 Å². The first kappa shape index (κ1) is 21.4. The summed E-state index contributed by atoms with van der Waals surface area (Å²) in [6.07, 6.45) is 0. The topological polar surface area (TPSA) is 102 Å². The van der Waals surface area contributed by atoms with Crippen molar-refractivity contribution in [1.29, 1.82) is 0 Å². The molecule has 2 N–H and O–H groups in total. The SMILES string of the molecule is COc1ccc(CNS(=O)(=O)c2c(F)c(F)c(F)c(F)c2C(=O)O)c(OC)c1. The quantitative estimate of drug-likeness (QED) is 0.403. The Morgan fingerprint density at radius 2 is 1.64 bits per heavy atom. The third-order valence-corrected chi connectivity index (χ3v) is 5.10. The number of ether oxygens (including phenoxy) is 2. The van der Waals surface area contributed by atoms with Crippen LogP contribution in [0, 0.1) is 23.3 Å². The summed E-state index contributed by atoms with van der Waals surface area (Å²) in [5.41, 5.74) is -1.64. The van der Waals surface area contributed by atoms with Gasteiger partial charge in [-0.1, -0.05) is 6.07 Å². The third-order valence-electron chi connectivity index (χ3n) is 3.65. The van der Waals surface area contributed by atoms with Crippen molar-refractivity contribution >= 4 is 16.0 Å². The average molecular weight is 423 g/mol. The largest absolute Gasteiger partial charge is 0.497 e. The summed E-state index contributed by atoms with van der Waals surface area (Å²) in [6, 6.07) is 4.25. The Balaban J connectivity index is 2.51. The first-order valence-electron chi connectivity index (χ1n) is 7.35. The maximum absolute atomic E-state index is 14.0. The number of rotatable bonds is 7. The van der Waals surface area contributed by atoms with Gasteiger partial charge in [-0.3, -0.25) is 0 Å². The Hall–Kier alpha value is -2.86. The molecule has 0 atom stereocenters. The van der Waals surface area contributed by atoms with Crippen LogP contribution in [0.1, 0.15) is 15.9 Å². The zero-order chi connectivity index (χ0) is 21.2. The van der Waals surface area contributed by atoms with E-state index in [0.29, 0.717) is 5.75 Å². The highest BCUT2D eigenvalue weighted by Crippen LogP contribution is 2.29. The molecule has 0 aliphatic heterocycles. The van der Waals surface area contributed by atoms with Gasteiger partial charge in [0.25, 0.3) is 0 Å². The number of hydrogen-bond donors (Lipinski definition) is 2. The highest BCUT2D eigenvalue weighted by atomic mass is 32.2. The molecule has 7 nitrogen and oxygen atoms in total. The van der Waals surface area contributed by atoms with Crippen molar-refractivity contribution in [3.8, 4) is 11.5 Å². The molecule has 2 rings (SSSR count). The highest BCUT2D eigenvalue weighted by Gasteiger charge is 2.36. The van der Waals surface area contributed by atoms with Crippen LogP contribution in [-0.2, 0) is 16.6 Å². The lowest BCUT2D eigenvalue weighted by Crippen LogP contribution is -2.28. The van der Waals surface area contributed by atoms with E-state index in [1.165, 1.54) is 32.4 Å². The second-order valence-electron chi connectivity index (χ2n) is 5.27. The lowest BCUT2D eigenvalue weighted by atomic mass is 10.2. The second-order valence-corrected chi connectivity index (χ2v) is 6.97. The molecule has 0 spiro atoms. The van der Waals surface area contributed by atoms with Gasteiger partial charge in [0.05, 0.1) is 14.2 Å². The molecule has 152 valence electrons. The molecule has 2 aromatic carbocycles. The fraction of sp³-hybridized carbons (Fsp3) is 0.188. The van der Waals surface area contributed by atoms with E-state index in [1.807, 2.05) is 0 Å². The van der Waals surface area contributed by atoms with Gasteiger partial charge in [-0.25, -0.2) is 35.5 Å². The Morgan fingerprint density at radius 3 is 2.18 bits per heavy atom. The van der Waals surface area contributed by atoms with Crippen LogP contribution in [0.15, 0.2) is 23.1 Å². The number of methoxy groups -OCH3 is 2. The maximum atomic E-state index is 14.0. The van der Waals surface area contributed by atoms with E-state index in [4.69, 9.17) is 14.6 Å². The summed E-state index contributed by atoms with van der Waals surface area (Å²) in [6.45, 7) is -0.561. The van der Waals surface area contributed by atoms with Gasteiger partial charge in [-0.05, 0) is 6.07 Å². The Morgan fingerprint density at radius 1 is 1.04 bits per heavy atom. The molecular formula is C16H13F4NO6S. The van der Waals surface area contributed by atoms with Crippen molar-refractivity contribution in [2.75, 3.05) is 14.2 Å². The van der Waals surface area contributed by atoms with Crippen LogP contribution in [0.4, 0.5) is 17.6 Å². The highest BCUT2D eigenvalue weighted by molar-refractivity contribution is 7.89. The molecule has 12 heteroatoms. The van der Waals surface area contributed by atoms with Crippen LogP contribution in [0.25, 0.3) is 0 Å². The van der Waals surface area contributed by atoms with Gasteiger partial charge in [0.15, 0.2) is 23.3 Å². The number of nitrogens with one attached hydrogen (secondary N) is 1. The summed E-state index contributed by atoms with van der Waals surface area (Å²) >= 11 is 0. The van der Waals surface area contributed by atoms with E-state index in [0.717, 1.165) is 0 Å². The Bertz CT molecular complexity index is 1040. The van der Waals surface area contributed by atoms with Crippen LogP contribution >= 0.6 is 0 Å².